The average Bonchev–Trinajstić information content (AvgIpc) is 3.52. The van der Waals surface area contributed by atoms with Gasteiger partial charge in [0.15, 0.2) is 17.1 Å². The molecule has 4 aromatic rings. The lowest BCUT2D eigenvalue weighted by molar-refractivity contribution is -0.172. The Labute approximate surface area is 215 Å². The number of halogens is 1. The third-order valence-corrected chi connectivity index (χ3v) is 7.68. The minimum Gasteiger partial charge on any atom is -0.458 e. The van der Waals surface area contributed by atoms with Gasteiger partial charge in [0, 0.05) is 28.1 Å². The fourth-order valence-corrected chi connectivity index (χ4v) is 5.65. The van der Waals surface area contributed by atoms with Gasteiger partial charge in [-0.1, -0.05) is 31.7 Å². The molecule has 0 amide bonds. The van der Waals surface area contributed by atoms with Crippen molar-refractivity contribution in [3.8, 4) is 22.9 Å². The van der Waals surface area contributed by atoms with Crippen LogP contribution in [0.4, 0.5) is 4.39 Å². The van der Waals surface area contributed by atoms with E-state index in [1.165, 1.54) is 6.07 Å². The fourth-order valence-electron chi connectivity index (χ4n) is 5.65. The number of benzene rings is 2. The quantitative estimate of drug-likeness (QED) is 0.365. The molecule has 9 heteroatoms. The van der Waals surface area contributed by atoms with Gasteiger partial charge in [-0.3, -0.25) is 4.79 Å². The molecule has 5 heterocycles. The zero-order valence-electron chi connectivity index (χ0n) is 20.3. The molecule has 0 aliphatic carbocycles. The first-order valence-corrected chi connectivity index (χ1v) is 12.2. The molecule has 2 aromatic carbocycles. The Morgan fingerprint density at radius 2 is 1.89 bits per heavy atom. The molecule has 0 fully saturated rings. The summed E-state index contributed by atoms with van der Waals surface area (Å²) in [4.78, 5) is 31.1. The minimum absolute atomic E-state index is 0.0402. The number of carbonyl (C=O) groups is 1. The molecule has 0 spiro atoms. The lowest BCUT2D eigenvalue weighted by atomic mass is 9.86. The predicted molar refractivity (Wildman–Crippen MR) is 135 cm³/mol. The van der Waals surface area contributed by atoms with Gasteiger partial charge in [-0.05, 0) is 35.8 Å². The molecule has 3 aliphatic heterocycles. The lowest BCUT2D eigenvalue weighted by Crippen LogP contribution is -2.44. The number of esters is 1. The van der Waals surface area contributed by atoms with Crippen LogP contribution < -0.4 is 15.0 Å². The molecule has 8 nitrogen and oxygen atoms in total. The molecule has 2 aromatic heterocycles. The zero-order valence-corrected chi connectivity index (χ0v) is 20.3. The first kappa shape index (κ1) is 22.7. The molecular formula is C29H21FN2O6. The van der Waals surface area contributed by atoms with Gasteiger partial charge in [0.1, 0.15) is 12.4 Å². The molecule has 38 heavy (non-hydrogen) atoms. The molecule has 0 saturated heterocycles. The van der Waals surface area contributed by atoms with Crippen LogP contribution in [-0.2, 0) is 28.3 Å². The van der Waals surface area contributed by atoms with Crippen molar-refractivity contribution in [3.05, 3.63) is 93.0 Å². The number of hydrogen-bond donors (Lipinski definition) is 1. The van der Waals surface area contributed by atoms with E-state index < -0.39 is 17.4 Å². The summed E-state index contributed by atoms with van der Waals surface area (Å²) in [7, 11) is 0. The Morgan fingerprint density at radius 1 is 1.13 bits per heavy atom. The van der Waals surface area contributed by atoms with E-state index in [0.29, 0.717) is 56.1 Å². The molecule has 0 saturated carbocycles. The van der Waals surface area contributed by atoms with Gasteiger partial charge in [0.05, 0.1) is 29.0 Å². The van der Waals surface area contributed by atoms with Gasteiger partial charge in [-0.25, -0.2) is 14.2 Å². The number of ether oxygens (including phenoxy) is 3. The van der Waals surface area contributed by atoms with Crippen molar-refractivity contribution in [3.63, 3.8) is 0 Å². The molecule has 190 valence electrons. The standard InChI is InChI=1S/C29H21FN2O6/c1-3-29(35)19-9-22-26-17(11-32(22)27(33)18(19)12-36-28(29)34)25(14(2)15-6-4-5-7-20(15)30)16-8-23-24(38-13-37-23)10-21(16)31-26/h4-10,35H,2-3,11-13H2,1H3/t29-/m0/s1. The average molecular weight is 512 g/mol. The van der Waals surface area contributed by atoms with Gasteiger partial charge >= 0.3 is 5.97 Å². The number of aliphatic hydroxyl groups is 1. The Kier molecular flexibility index (Phi) is 4.63. The zero-order chi connectivity index (χ0) is 26.3. The molecule has 3 aliphatic rings. The molecule has 1 N–H and O–H groups in total. The Morgan fingerprint density at radius 3 is 2.66 bits per heavy atom. The van der Waals surface area contributed by atoms with Crippen LogP contribution in [0, 0.1) is 5.82 Å². The van der Waals surface area contributed by atoms with Crippen LogP contribution in [0.15, 0.2) is 53.8 Å². The van der Waals surface area contributed by atoms with Crippen LogP contribution in [0.25, 0.3) is 27.9 Å². The number of rotatable bonds is 3. The summed E-state index contributed by atoms with van der Waals surface area (Å²) in [5, 5.41) is 11.9. The summed E-state index contributed by atoms with van der Waals surface area (Å²) in [5.74, 6) is -0.156. The Balaban J connectivity index is 1.54. The summed E-state index contributed by atoms with van der Waals surface area (Å²) >= 11 is 0. The van der Waals surface area contributed by atoms with Crippen molar-refractivity contribution in [1.29, 1.82) is 0 Å². The topological polar surface area (TPSA) is 99.9 Å². The first-order chi connectivity index (χ1) is 18.3. The molecule has 0 unspecified atom stereocenters. The number of pyridine rings is 2. The monoisotopic (exact) mass is 512 g/mol. The largest absolute Gasteiger partial charge is 0.458 e. The van der Waals surface area contributed by atoms with Crippen molar-refractivity contribution < 1.29 is 28.5 Å². The second-order valence-electron chi connectivity index (χ2n) is 9.60. The maximum Gasteiger partial charge on any atom is 0.343 e. The lowest BCUT2D eigenvalue weighted by Gasteiger charge is -2.31. The Hall–Kier alpha value is -4.50. The fraction of sp³-hybridized carbons (Fsp3) is 0.207. The summed E-state index contributed by atoms with van der Waals surface area (Å²) in [6, 6.07) is 11.6. The molecule has 0 bridgehead atoms. The van der Waals surface area contributed by atoms with E-state index in [0.717, 1.165) is 0 Å². The highest BCUT2D eigenvalue weighted by Crippen LogP contribution is 2.45. The van der Waals surface area contributed by atoms with Gasteiger partial charge in [0.25, 0.3) is 5.56 Å². The summed E-state index contributed by atoms with van der Waals surface area (Å²) in [5.41, 5.74) is 1.68. The van der Waals surface area contributed by atoms with E-state index in [-0.39, 0.29) is 43.1 Å². The number of cyclic esters (lactones) is 1. The van der Waals surface area contributed by atoms with E-state index in [1.54, 1.807) is 47.9 Å². The molecule has 1 atom stereocenters. The SMILES string of the molecule is C=C(c1ccccc1F)c1c2c(nc3cc4c(cc13)OCO4)-c1cc3c(c(=O)n1C2)COC(=O)[C@]3(O)CC. The molecule has 7 rings (SSSR count). The van der Waals surface area contributed by atoms with E-state index >= 15 is 0 Å². The van der Waals surface area contributed by atoms with Crippen LogP contribution in [0.3, 0.4) is 0 Å². The highest BCUT2D eigenvalue weighted by Gasteiger charge is 2.45. The smallest absolute Gasteiger partial charge is 0.343 e. The minimum atomic E-state index is -1.94. The highest BCUT2D eigenvalue weighted by atomic mass is 19.1. The second-order valence-corrected chi connectivity index (χ2v) is 9.60. The van der Waals surface area contributed by atoms with Crippen molar-refractivity contribution in [1.82, 2.24) is 9.55 Å². The van der Waals surface area contributed by atoms with Gasteiger partial charge in [-0.2, -0.15) is 0 Å². The van der Waals surface area contributed by atoms with Crippen LogP contribution in [-0.4, -0.2) is 27.4 Å². The number of carbonyl (C=O) groups excluding carboxylic acids is 1. The molecular weight excluding hydrogens is 491 g/mol. The van der Waals surface area contributed by atoms with Crippen LogP contribution in [0.2, 0.25) is 0 Å². The number of nitrogens with zero attached hydrogens (tertiary/aromatic N) is 2. The van der Waals surface area contributed by atoms with Crippen LogP contribution in [0.1, 0.15) is 41.2 Å². The Bertz CT molecular complexity index is 1810. The number of fused-ring (bicyclic) bond motifs is 6. The summed E-state index contributed by atoms with van der Waals surface area (Å²) < 4.78 is 32.8. The van der Waals surface area contributed by atoms with E-state index in [2.05, 4.69) is 6.58 Å². The van der Waals surface area contributed by atoms with Gasteiger partial charge in [-0.15, -0.1) is 0 Å². The van der Waals surface area contributed by atoms with Crippen molar-refractivity contribution in [2.75, 3.05) is 6.79 Å². The van der Waals surface area contributed by atoms with Gasteiger partial charge < -0.3 is 23.9 Å². The van der Waals surface area contributed by atoms with Crippen LogP contribution in [0.5, 0.6) is 11.5 Å². The first-order valence-electron chi connectivity index (χ1n) is 12.2. The number of aromatic nitrogens is 2. The molecule has 0 radical (unpaired) electrons. The van der Waals surface area contributed by atoms with Crippen LogP contribution >= 0.6 is 0 Å². The van der Waals surface area contributed by atoms with E-state index in [4.69, 9.17) is 19.2 Å². The normalized spacial score (nSPS) is 18.7. The van der Waals surface area contributed by atoms with Gasteiger partial charge in [0.2, 0.25) is 6.79 Å². The third kappa shape index (κ3) is 2.90. The number of hydrogen-bond acceptors (Lipinski definition) is 7. The second kappa shape index (κ2) is 7.75. The van der Waals surface area contributed by atoms with Crippen molar-refractivity contribution in [2.45, 2.75) is 32.1 Å². The predicted octanol–water partition coefficient (Wildman–Crippen LogP) is 4.01. The van der Waals surface area contributed by atoms with Crippen molar-refractivity contribution in [2.24, 2.45) is 0 Å². The summed E-state index contributed by atoms with van der Waals surface area (Å²) in [6.45, 7) is 5.91. The van der Waals surface area contributed by atoms with Crippen molar-refractivity contribution >= 4 is 22.4 Å². The summed E-state index contributed by atoms with van der Waals surface area (Å²) in [6.07, 6.45) is 0.0402. The van der Waals surface area contributed by atoms with E-state index in [1.807, 2.05) is 0 Å². The maximum atomic E-state index is 14.9. The maximum absolute atomic E-state index is 14.9. The van der Waals surface area contributed by atoms with E-state index in [9.17, 15) is 19.1 Å². The third-order valence-electron chi connectivity index (χ3n) is 7.68. The highest BCUT2D eigenvalue weighted by molar-refractivity contribution is 6.01.